The first-order chi connectivity index (χ1) is 8.26. The van der Waals surface area contributed by atoms with Gasteiger partial charge in [-0.1, -0.05) is 12.1 Å². The number of aromatic nitrogens is 3. The van der Waals surface area contributed by atoms with E-state index in [4.69, 9.17) is 4.52 Å². The average molecular weight is 270 g/mol. The highest BCUT2D eigenvalue weighted by Crippen LogP contribution is 2.33. The first-order valence-corrected chi connectivity index (χ1v) is 7.23. The van der Waals surface area contributed by atoms with E-state index in [1.165, 1.54) is 11.5 Å². The van der Waals surface area contributed by atoms with Gasteiger partial charge in [-0.25, -0.2) is 0 Å². The van der Waals surface area contributed by atoms with Crippen molar-refractivity contribution in [2.24, 2.45) is 0 Å². The molecule has 0 spiro atoms. The number of anilines is 1. The van der Waals surface area contributed by atoms with Gasteiger partial charge >= 0.3 is 0 Å². The van der Waals surface area contributed by atoms with Crippen molar-refractivity contribution in [3.63, 3.8) is 0 Å². The summed E-state index contributed by atoms with van der Waals surface area (Å²) in [5.74, 6) is 3.11. The molecule has 0 aliphatic carbocycles. The summed E-state index contributed by atoms with van der Waals surface area (Å²) in [6, 6.07) is 0. The van der Waals surface area contributed by atoms with Gasteiger partial charge in [-0.15, -0.1) is 0 Å². The predicted molar refractivity (Wildman–Crippen MR) is 71.5 cm³/mol. The van der Waals surface area contributed by atoms with E-state index in [1.54, 1.807) is 11.8 Å². The maximum Gasteiger partial charge on any atom is 0.262 e. The molecule has 0 saturated carbocycles. The zero-order chi connectivity index (χ0) is 12.3. The van der Waals surface area contributed by atoms with Crippen molar-refractivity contribution in [2.75, 3.05) is 18.1 Å². The van der Waals surface area contributed by atoms with Gasteiger partial charge in [0.2, 0.25) is 0 Å². The molecule has 2 rings (SSSR count). The number of aryl methyl sites for hydroxylation is 1. The standard InChI is InChI=1S/C10H14N4OS2/c1-4-16-5-7-12-9(15-13-7)8-6(2)14-17-10(8)11-3/h11H,4-5H2,1-3H3. The summed E-state index contributed by atoms with van der Waals surface area (Å²) >= 11 is 3.18. The van der Waals surface area contributed by atoms with Crippen molar-refractivity contribution in [1.82, 2.24) is 14.5 Å². The Morgan fingerprint density at radius 1 is 1.47 bits per heavy atom. The number of hydrogen-bond donors (Lipinski definition) is 1. The molecule has 0 aliphatic heterocycles. The molecule has 0 amide bonds. The second-order valence-corrected chi connectivity index (χ2v) is 5.42. The van der Waals surface area contributed by atoms with Gasteiger partial charge in [-0.05, 0) is 24.2 Å². The lowest BCUT2D eigenvalue weighted by atomic mass is 10.2. The van der Waals surface area contributed by atoms with Crippen molar-refractivity contribution in [3.05, 3.63) is 11.5 Å². The summed E-state index contributed by atoms with van der Waals surface area (Å²) in [4.78, 5) is 4.39. The van der Waals surface area contributed by atoms with Gasteiger partial charge in [-0.3, -0.25) is 0 Å². The summed E-state index contributed by atoms with van der Waals surface area (Å²) in [5, 5.41) is 8.02. The molecule has 0 atom stereocenters. The molecule has 0 radical (unpaired) electrons. The van der Waals surface area contributed by atoms with E-state index in [9.17, 15) is 0 Å². The molecule has 0 saturated heterocycles. The number of rotatable bonds is 5. The van der Waals surface area contributed by atoms with E-state index >= 15 is 0 Å². The van der Waals surface area contributed by atoms with Crippen LogP contribution in [0.15, 0.2) is 4.52 Å². The highest BCUT2D eigenvalue weighted by atomic mass is 32.2. The first kappa shape index (κ1) is 12.4. The molecule has 2 aromatic heterocycles. The van der Waals surface area contributed by atoms with Crippen LogP contribution < -0.4 is 5.32 Å². The first-order valence-electron chi connectivity index (χ1n) is 5.31. The molecule has 7 heteroatoms. The zero-order valence-corrected chi connectivity index (χ0v) is 11.6. The van der Waals surface area contributed by atoms with Crippen molar-refractivity contribution < 1.29 is 4.52 Å². The summed E-state index contributed by atoms with van der Waals surface area (Å²) in [5.41, 5.74) is 1.83. The van der Waals surface area contributed by atoms with Crippen LogP contribution in [0.3, 0.4) is 0 Å². The third kappa shape index (κ3) is 2.61. The second-order valence-electron chi connectivity index (χ2n) is 3.38. The molecular formula is C10H14N4OS2. The van der Waals surface area contributed by atoms with Crippen LogP contribution in [-0.2, 0) is 5.75 Å². The van der Waals surface area contributed by atoms with E-state index in [1.807, 2.05) is 14.0 Å². The second kappa shape index (κ2) is 5.50. The van der Waals surface area contributed by atoms with Gasteiger partial charge in [0.15, 0.2) is 5.82 Å². The van der Waals surface area contributed by atoms with Crippen molar-refractivity contribution in [3.8, 4) is 11.5 Å². The topological polar surface area (TPSA) is 63.8 Å². The Morgan fingerprint density at radius 3 is 3.00 bits per heavy atom. The Morgan fingerprint density at radius 2 is 2.29 bits per heavy atom. The van der Waals surface area contributed by atoms with E-state index in [2.05, 4.69) is 26.8 Å². The SMILES string of the molecule is CCSCc1noc(-c2c(C)nsc2NC)n1. The molecule has 0 bridgehead atoms. The highest BCUT2D eigenvalue weighted by molar-refractivity contribution is 7.98. The zero-order valence-electron chi connectivity index (χ0n) is 9.98. The summed E-state index contributed by atoms with van der Waals surface area (Å²) in [6.45, 7) is 4.05. The van der Waals surface area contributed by atoms with Gasteiger partial charge < -0.3 is 9.84 Å². The van der Waals surface area contributed by atoms with Gasteiger partial charge in [0.1, 0.15) is 5.00 Å². The molecule has 17 heavy (non-hydrogen) atoms. The lowest BCUT2D eigenvalue weighted by Crippen LogP contribution is -1.89. The fraction of sp³-hybridized carbons (Fsp3) is 0.500. The maximum absolute atomic E-state index is 5.28. The van der Waals surface area contributed by atoms with Gasteiger partial charge in [0.25, 0.3) is 5.89 Å². The monoisotopic (exact) mass is 270 g/mol. The quantitative estimate of drug-likeness (QED) is 0.901. The number of nitrogens with zero attached hydrogens (tertiary/aromatic N) is 3. The smallest absolute Gasteiger partial charge is 0.262 e. The Kier molecular flexibility index (Phi) is 4.01. The minimum Gasteiger partial charge on any atom is -0.378 e. The molecule has 0 aliphatic rings. The summed E-state index contributed by atoms with van der Waals surface area (Å²) in [7, 11) is 1.86. The van der Waals surface area contributed by atoms with Gasteiger partial charge in [-0.2, -0.15) is 21.1 Å². The summed E-state index contributed by atoms with van der Waals surface area (Å²) < 4.78 is 9.56. The van der Waals surface area contributed by atoms with Gasteiger partial charge in [0.05, 0.1) is 17.0 Å². The van der Waals surface area contributed by atoms with Crippen LogP contribution in [0.4, 0.5) is 5.00 Å². The molecule has 0 aromatic carbocycles. The third-order valence-electron chi connectivity index (χ3n) is 2.21. The van der Waals surface area contributed by atoms with Crippen LogP contribution in [0, 0.1) is 6.92 Å². The molecular weight excluding hydrogens is 256 g/mol. The Labute approximate surface area is 108 Å². The average Bonchev–Trinajstić information content (AvgIpc) is 2.92. The fourth-order valence-electron chi connectivity index (χ4n) is 1.40. The number of nitrogens with one attached hydrogen (secondary N) is 1. The molecule has 0 unspecified atom stereocenters. The maximum atomic E-state index is 5.28. The largest absolute Gasteiger partial charge is 0.378 e. The molecule has 2 aromatic rings. The molecule has 5 nitrogen and oxygen atoms in total. The molecule has 1 N–H and O–H groups in total. The highest BCUT2D eigenvalue weighted by Gasteiger charge is 2.18. The lowest BCUT2D eigenvalue weighted by molar-refractivity contribution is 0.425. The number of thioether (sulfide) groups is 1. The van der Waals surface area contributed by atoms with E-state index in [0.29, 0.717) is 5.89 Å². The minimum atomic E-state index is 0.548. The van der Waals surface area contributed by atoms with E-state index in [-0.39, 0.29) is 0 Å². The lowest BCUT2D eigenvalue weighted by Gasteiger charge is -1.96. The van der Waals surface area contributed by atoms with Crippen molar-refractivity contribution in [2.45, 2.75) is 19.6 Å². The van der Waals surface area contributed by atoms with Crippen molar-refractivity contribution >= 4 is 28.3 Å². The Hall–Kier alpha value is -1.08. The Balaban J connectivity index is 2.26. The fourth-order valence-corrected chi connectivity index (χ4v) is 2.64. The van der Waals surface area contributed by atoms with Crippen LogP contribution >= 0.6 is 23.3 Å². The van der Waals surface area contributed by atoms with E-state index < -0.39 is 0 Å². The molecule has 2 heterocycles. The summed E-state index contributed by atoms with van der Waals surface area (Å²) in [6.07, 6.45) is 0. The van der Waals surface area contributed by atoms with Crippen LogP contribution in [0.5, 0.6) is 0 Å². The van der Waals surface area contributed by atoms with Crippen molar-refractivity contribution in [1.29, 1.82) is 0 Å². The number of hydrogen-bond acceptors (Lipinski definition) is 7. The predicted octanol–water partition coefficient (Wildman–Crippen LogP) is 2.80. The Bertz CT molecular complexity index is 494. The van der Waals surface area contributed by atoms with Crippen LogP contribution in [0.2, 0.25) is 0 Å². The van der Waals surface area contributed by atoms with E-state index in [0.717, 1.165) is 33.6 Å². The van der Waals surface area contributed by atoms with Crippen LogP contribution in [0.1, 0.15) is 18.4 Å². The third-order valence-corrected chi connectivity index (χ3v) is 4.03. The van der Waals surface area contributed by atoms with Crippen LogP contribution in [0.25, 0.3) is 11.5 Å². The molecule has 0 fully saturated rings. The normalized spacial score (nSPS) is 10.8. The molecule has 92 valence electrons. The minimum absolute atomic E-state index is 0.548. The van der Waals surface area contributed by atoms with Gasteiger partial charge in [0, 0.05) is 7.05 Å². The van der Waals surface area contributed by atoms with Crippen LogP contribution in [-0.4, -0.2) is 27.3 Å².